The summed E-state index contributed by atoms with van der Waals surface area (Å²) in [6.45, 7) is 4.61. The van der Waals surface area contributed by atoms with Crippen molar-refractivity contribution in [1.29, 1.82) is 0 Å². The third-order valence-corrected chi connectivity index (χ3v) is 2.99. The van der Waals surface area contributed by atoms with Gasteiger partial charge in [-0.2, -0.15) is 10.2 Å². The van der Waals surface area contributed by atoms with Gasteiger partial charge in [-0.1, -0.05) is 6.92 Å². The molecule has 6 heteroatoms. The summed E-state index contributed by atoms with van der Waals surface area (Å²) >= 11 is 6.07. The van der Waals surface area contributed by atoms with Crippen molar-refractivity contribution in [1.82, 2.24) is 15.1 Å². The summed E-state index contributed by atoms with van der Waals surface area (Å²) in [5.74, 6) is -0.0865. The zero-order chi connectivity index (χ0) is 14.4. The first-order valence-corrected chi connectivity index (χ1v) is 6.64. The molecule has 0 aliphatic heterocycles. The summed E-state index contributed by atoms with van der Waals surface area (Å²) in [7, 11) is 3.31. The molecule has 1 rings (SSSR count). The molecule has 1 aromatic heterocycles. The smallest absolute Gasteiger partial charge is 0.255 e. The lowest BCUT2D eigenvalue weighted by molar-refractivity contribution is 0.0779. The Morgan fingerprint density at radius 3 is 2.79 bits per heavy atom. The molecule has 5 nitrogen and oxygen atoms in total. The number of rotatable bonds is 6. The van der Waals surface area contributed by atoms with Crippen LogP contribution in [-0.4, -0.2) is 53.7 Å². The molecule has 106 valence electrons. The van der Waals surface area contributed by atoms with E-state index in [1.54, 1.807) is 25.1 Å². The highest BCUT2D eigenvalue weighted by Crippen LogP contribution is 2.11. The van der Waals surface area contributed by atoms with Crippen LogP contribution < -0.4 is 0 Å². The number of methoxy groups -OCH3 is 1. The Balaban J connectivity index is 2.84. The van der Waals surface area contributed by atoms with E-state index in [0.29, 0.717) is 30.8 Å². The second kappa shape index (κ2) is 7.40. The Labute approximate surface area is 118 Å². The molecule has 0 bridgehead atoms. The van der Waals surface area contributed by atoms with Gasteiger partial charge in [0.2, 0.25) is 0 Å². The topological polar surface area (TPSA) is 55.3 Å². The van der Waals surface area contributed by atoms with Gasteiger partial charge in [0.1, 0.15) is 0 Å². The van der Waals surface area contributed by atoms with Crippen LogP contribution in [0.25, 0.3) is 0 Å². The average molecular weight is 286 g/mol. The lowest BCUT2D eigenvalue weighted by atomic mass is 10.1. The molecule has 1 atom stereocenters. The number of carbonyl (C=O) groups is 1. The van der Waals surface area contributed by atoms with Gasteiger partial charge in [0.05, 0.1) is 28.9 Å². The monoisotopic (exact) mass is 285 g/mol. The molecule has 1 amide bonds. The van der Waals surface area contributed by atoms with E-state index in [-0.39, 0.29) is 11.3 Å². The molecule has 1 unspecified atom stereocenters. The summed E-state index contributed by atoms with van der Waals surface area (Å²) in [6, 6.07) is 1.77. The van der Waals surface area contributed by atoms with E-state index in [1.807, 2.05) is 13.8 Å². The predicted octanol–water partition coefficient (Wildman–Crippen LogP) is 1.67. The lowest BCUT2D eigenvalue weighted by Crippen LogP contribution is -2.34. The Hall–Kier alpha value is -1.20. The molecule has 0 aliphatic rings. The molecule has 0 radical (unpaired) electrons. The maximum absolute atomic E-state index is 12.4. The third kappa shape index (κ3) is 4.44. The lowest BCUT2D eigenvalue weighted by Gasteiger charge is -2.21. The first-order valence-electron chi connectivity index (χ1n) is 6.21. The number of alkyl halides is 1. The Morgan fingerprint density at radius 2 is 2.21 bits per heavy atom. The standard InChI is InChI=1S/C13H20ClN3O2/c1-5-12-11(6-9(2)15-16-12)13(18)17(3)7-10(14)8-19-4/h6,10H,5,7-8H2,1-4H3. The van der Waals surface area contributed by atoms with Gasteiger partial charge in [-0.05, 0) is 19.4 Å². The van der Waals surface area contributed by atoms with Crippen LogP contribution in [0.1, 0.15) is 28.7 Å². The number of halogens is 1. The summed E-state index contributed by atoms with van der Waals surface area (Å²) in [6.07, 6.45) is 0.671. The molecule has 0 saturated heterocycles. The molecular weight excluding hydrogens is 266 g/mol. The molecule has 0 fully saturated rings. The molecule has 0 aromatic carbocycles. The second-order valence-corrected chi connectivity index (χ2v) is 5.06. The fourth-order valence-corrected chi connectivity index (χ4v) is 2.11. The summed E-state index contributed by atoms with van der Waals surface area (Å²) in [5.41, 5.74) is 2.03. The minimum absolute atomic E-state index is 0.0865. The Kier molecular flexibility index (Phi) is 6.18. The van der Waals surface area contributed by atoms with Crippen LogP contribution in [0.3, 0.4) is 0 Å². The predicted molar refractivity (Wildman–Crippen MR) is 74.6 cm³/mol. The third-order valence-electron chi connectivity index (χ3n) is 2.72. The van der Waals surface area contributed by atoms with Gasteiger partial charge >= 0.3 is 0 Å². The molecule has 1 heterocycles. The normalized spacial score (nSPS) is 12.3. The maximum atomic E-state index is 12.4. The van der Waals surface area contributed by atoms with Gasteiger partial charge in [0, 0.05) is 20.7 Å². The first kappa shape index (κ1) is 15.9. The van der Waals surface area contributed by atoms with Crippen molar-refractivity contribution in [3.05, 3.63) is 23.0 Å². The molecule has 1 aromatic rings. The van der Waals surface area contributed by atoms with Gasteiger partial charge in [0.15, 0.2) is 0 Å². The van der Waals surface area contributed by atoms with Crippen molar-refractivity contribution >= 4 is 17.5 Å². The van der Waals surface area contributed by atoms with Gasteiger partial charge in [-0.25, -0.2) is 0 Å². The SMILES string of the molecule is CCc1nnc(C)cc1C(=O)N(C)CC(Cl)COC. The van der Waals surface area contributed by atoms with Crippen LogP contribution >= 0.6 is 11.6 Å². The van der Waals surface area contributed by atoms with Crippen molar-refractivity contribution in [3.63, 3.8) is 0 Å². The van der Waals surface area contributed by atoms with Crippen molar-refractivity contribution < 1.29 is 9.53 Å². The van der Waals surface area contributed by atoms with Crippen molar-refractivity contribution in [2.24, 2.45) is 0 Å². The molecule has 0 saturated carbocycles. The number of hydrogen-bond donors (Lipinski definition) is 0. The van der Waals surface area contributed by atoms with Crippen LogP contribution in [0.15, 0.2) is 6.07 Å². The average Bonchev–Trinajstić information content (AvgIpc) is 2.37. The van der Waals surface area contributed by atoms with Crippen LogP contribution in [0, 0.1) is 6.92 Å². The van der Waals surface area contributed by atoms with Gasteiger partial charge < -0.3 is 9.64 Å². The van der Waals surface area contributed by atoms with E-state index >= 15 is 0 Å². The highest BCUT2D eigenvalue weighted by molar-refractivity contribution is 6.21. The zero-order valence-electron chi connectivity index (χ0n) is 11.8. The fraction of sp³-hybridized carbons (Fsp3) is 0.615. The van der Waals surface area contributed by atoms with Crippen LogP contribution in [0.4, 0.5) is 0 Å². The van der Waals surface area contributed by atoms with Crippen LogP contribution in [0.5, 0.6) is 0 Å². The van der Waals surface area contributed by atoms with E-state index in [4.69, 9.17) is 16.3 Å². The maximum Gasteiger partial charge on any atom is 0.255 e. The van der Waals surface area contributed by atoms with Crippen molar-refractivity contribution in [2.75, 3.05) is 27.3 Å². The van der Waals surface area contributed by atoms with Gasteiger partial charge in [0.25, 0.3) is 5.91 Å². The van der Waals surface area contributed by atoms with Gasteiger partial charge in [-0.15, -0.1) is 11.6 Å². The number of amides is 1. The van der Waals surface area contributed by atoms with E-state index in [1.165, 1.54) is 0 Å². The number of aromatic nitrogens is 2. The Morgan fingerprint density at radius 1 is 1.53 bits per heavy atom. The molecular formula is C13H20ClN3O2. The van der Waals surface area contributed by atoms with Gasteiger partial charge in [-0.3, -0.25) is 4.79 Å². The molecule has 0 N–H and O–H groups in total. The minimum Gasteiger partial charge on any atom is -0.383 e. The number of carbonyl (C=O) groups excluding carboxylic acids is 1. The van der Waals surface area contributed by atoms with E-state index < -0.39 is 0 Å². The largest absolute Gasteiger partial charge is 0.383 e. The van der Waals surface area contributed by atoms with Crippen molar-refractivity contribution in [3.8, 4) is 0 Å². The second-order valence-electron chi connectivity index (χ2n) is 4.44. The number of nitrogens with zero attached hydrogens (tertiary/aromatic N) is 3. The number of aryl methyl sites for hydroxylation is 2. The summed E-state index contributed by atoms with van der Waals surface area (Å²) in [4.78, 5) is 14.0. The summed E-state index contributed by atoms with van der Waals surface area (Å²) in [5, 5.41) is 7.81. The van der Waals surface area contributed by atoms with E-state index in [9.17, 15) is 4.79 Å². The first-order chi connectivity index (χ1) is 8.99. The molecule has 19 heavy (non-hydrogen) atoms. The quantitative estimate of drug-likeness (QED) is 0.746. The van der Waals surface area contributed by atoms with Crippen molar-refractivity contribution in [2.45, 2.75) is 25.6 Å². The Bertz CT molecular complexity index is 440. The van der Waals surface area contributed by atoms with E-state index in [2.05, 4.69) is 10.2 Å². The molecule has 0 aliphatic carbocycles. The summed E-state index contributed by atoms with van der Waals surface area (Å²) < 4.78 is 4.96. The zero-order valence-corrected chi connectivity index (χ0v) is 12.6. The fourth-order valence-electron chi connectivity index (χ4n) is 1.78. The highest BCUT2D eigenvalue weighted by atomic mass is 35.5. The molecule has 0 spiro atoms. The minimum atomic E-state index is -0.222. The van der Waals surface area contributed by atoms with Crippen LogP contribution in [-0.2, 0) is 11.2 Å². The van der Waals surface area contributed by atoms with E-state index in [0.717, 1.165) is 5.69 Å². The number of ether oxygens (including phenoxy) is 1. The number of hydrogen-bond acceptors (Lipinski definition) is 4. The van der Waals surface area contributed by atoms with Crippen LogP contribution in [0.2, 0.25) is 0 Å². The highest BCUT2D eigenvalue weighted by Gasteiger charge is 2.19.